The van der Waals surface area contributed by atoms with Gasteiger partial charge in [0.1, 0.15) is 11.9 Å². The van der Waals surface area contributed by atoms with Crippen LogP contribution in [0.15, 0.2) is 72.9 Å². The first kappa shape index (κ1) is 24.0. The lowest BCUT2D eigenvalue weighted by atomic mass is 9.93. The number of thioether (sulfide) groups is 1. The number of methoxy groups -OCH3 is 1. The van der Waals surface area contributed by atoms with Crippen LogP contribution >= 0.6 is 11.8 Å². The third kappa shape index (κ3) is 6.20. The van der Waals surface area contributed by atoms with Gasteiger partial charge in [-0.05, 0) is 48.3 Å². The molecule has 7 nitrogen and oxygen atoms in total. The average Bonchev–Trinajstić information content (AvgIpc) is 2.86. The molecule has 0 fully saturated rings. The van der Waals surface area contributed by atoms with E-state index >= 15 is 0 Å². The van der Waals surface area contributed by atoms with Crippen molar-refractivity contribution < 1.29 is 19.1 Å². The molecule has 0 bridgehead atoms. The van der Waals surface area contributed by atoms with Gasteiger partial charge in [-0.3, -0.25) is 9.59 Å². The smallest absolute Gasteiger partial charge is 0.328 e. The fraction of sp³-hybridized carbons (Fsp3) is 0.200. The summed E-state index contributed by atoms with van der Waals surface area (Å²) in [4.78, 5) is 42.8. The highest BCUT2D eigenvalue weighted by atomic mass is 32.2. The molecule has 0 unspecified atom stereocenters. The second-order valence-corrected chi connectivity index (χ2v) is 8.08. The SMILES string of the molecule is COC(=O)[C@H](CCSC)NC(=O)c1cccc(C(=O)Nc2ccccn2)c1-c1ccccc1. The van der Waals surface area contributed by atoms with Gasteiger partial charge in [-0.2, -0.15) is 11.8 Å². The maximum Gasteiger partial charge on any atom is 0.328 e. The first-order valence-electron chi connectivity index (χ1n) is 10.3. The number of hydrogen-bond donors (Lipinski definition) is 2. The van der Waals surface area contributed by atoms with Gasteiger partial charge in [0.05, 0.1) is 7.11 Å². The van der Waals surface area contributed by atoms with Crippen molar-refractivity contribution in [2.75, 3.05) is 24.4 Å². The summed E-state index contributed by atoms with van der Waals surface area (Å²) in [7, 11) is 1.29. The van der Waals surface area contributed by atoms with Crippen LogP contribution in [0.4, 0.5) is 5.82 Å². The number of nitrogens with one attached hydrogen (secondary N) is 2. The van der Waals surface area contributed by atoms with E-state index in [0.717, 1.165) is 0 Å². The number of amides is 2. The zero-order chi connectivity index (χ0) is 23.6. The van der Waals surface area contributed by atoms with Crippen LogP contribution in [0.3, 0.4) is 0 Å². The van der Waals surface area contributed by atoms with Gasteiger partial charge in [-0.15, -0.1) is 0 Å². The molecule has 1 aromatic heterocycles. The maximum atomic E-state index is 13.3. The molecule has 0 saturated carbocycles. The molecule has 2 amide bonds. The summed E-state index contributed by atoms with van der Waals surface area (Å²) < 4.78 is 4.86. The highest BCUT2D eigenvalue weighted by molar-refractivity contribution is 7.98. The fourth-order valence-electron chi connectivity index (χ4n) is 3.33. The number of hydrogen-bond acceptors (Lipinski definition) is 6. The van der Waals surface area contributed by atoms with Crippen LogP contribution in [-0.4, -0.2) is 47.9 Å². The summed E-state index contributed by atoms with van der Waals surface area (Å²) >= 11 is 1.57. The first-order valence-corrected chi connectivity index (χ1v) is 11.7. The van der Waals surface area contributed by atoms with Gasteiger partial charge in [0, 0.05) is 22.9 Å². The minimum Gasteiger partial charge on any atom is -0.467 e. The molecular weight excluding hydrogens is 438 g/mol. The maximum absolute atomic E-state index is 13.3. The predicted octanol–water partition coefficient (Wildman–Crippen LogP) is 4.03. The van der Waals surface area contributed by atoms with Gasteiger partial charge in [-0.1, -0.05) is 42.5 Å². The molecule has 3 aromatic rings. The third-order valence-corrected chi connectivity index (χ3v) is 5.57. The fourth-order valence-corrected chi connectivity index (χ4v) is 3.80. The highest BCUT2D eigenvalue weighted by Gasteiger charge is 2.25. The molecule has 8 heteroatoms. The summed E-state index contributed by atoms with van der Waals surface area (Å²) in [6, 6.07) is 18.5. The monoisotopic (exact) mass is 463 g/mol. The Bertz CT molecular complexity index is 1110. The van der Waals surface area contributed by atoms with Crippen LogP contribution in [0, 0.1) is 0 Å². The Balaban J connectivity index is 2.00. The number of carbonyl (C=O) groups is 3. The summed E-state index contributed by atoms with van der Waals surface area (Å²) in [5.74, 6) is -0.285. The summed E-state index contributed by atoms with van der Waals surface area (Å²) in [6.45, 7) is 0. The summed E-state index contributed by atoms with van der Waals surface area (Å²) in [5.41, 5.74) is 1.77. The Hall–Kier alpha value is -3.65. The Morgan fingerprint density at radius 3 is 2.27 bits per heavy atom. The second kappa shape index (κ2) is 11.8. The van der Waals surface area contributed by atoms with Crippen molar-refractivity contribution in [3.05, 3.63) is 84.1 Å². The van der Waals surface area contributed by atoms with Gasteiger partial charge in [0.15, 0.2) is 0 Å². The topological polar surface area (TPSA) is 97.4 Å². The number of esters is 1. The standard InChI is InChI=1S/C25H25N3O4S/c1-32-25(31)20(14-16-33-2)27-23(29)18-11-8-12-19(22(18)17-9-4-3-5-10-17)24(30)28-21-13-6-7-15-26-21/h3-13,15,20H,14,16H2,1-2H3,(H,27,29)(H,26,28,30)/t20-/m0/s1. The van der Waals surface area contributed by atoms with Crippen molar-refractivity contribution in [1.82, 2.24) is 10.3 Å². The molecule has 0 aliphatic heterocycles. The molecule has 2 N–H and O–H groups in total. The lowest BCUT2D eigenvalue weighted by Gasteiger charge is -2.19. The van der Waals surface area contributed by atoms with Crippen molar-refractivity contribution in [3.63, 3.8) is 0 Å². The van der Waals surface area contributed by atoms with Crippen LogP contribution < -0.4 is 10.6 Å². The first-order chi connectivity index (χ1) is 16.0. The number of nitrogens with zero attached hydrogens (tertiary/aromatic N) is 1. The molecule has 2 aromatic carbocycles. The van der Waals surface area contributed by atoms with Gasteiger partial charge >= 0.3 is 5.97 Å². The zero-order valence-corrected chi connectivity index (χ0v) is 19.2. The molecule has 1 atom stereocenters. The number of aromatic nitrogens is 1. The van der Waals surface area contributed by atoms with Gasteiger partial charge in [0.2, 0.25) is 0 Å². The summed E-state index contributed by atoms with van der Waals surface area (Å²) in [5, 5.41) is 5.55. The van der Waals surface area contributed by atoms with E-state index in [1.54, 1.807) is 54.4 Å². The number of rotatable bonds is 9. The van der Waals surface area contributed by atoms with Crippen LogP contribution in [0.1, 0.15) is 27.1 Å². The Morgan fingerprint density at radius 2 is 1.64 bits per heavy atom. The molecule has 0 saturated heterocycles. The van der Waals surface area contributed by atoms with E-state index in [2.05, 4.69) is 15.6 Å². The van der Waals surface area contributed by atoms with Crippen molar-refractivity contribution in [1.29, 1.82) is 0 Å². The number of carbonyl (C=O) groups excluding carboxylic acids is 3. The summed E-state index contributed by atoms with van der Waals surface area (Å²) in [6.07, 6.45) is 3.94. The van der Waals surface area contributed by atoms with Crippen LogP contribution in [0.2, 0.25) is 0 Å². The zero-order valence-electron chi connectivity index (χ0n) is 18.4. The molecule has 0 radical (unpaired) electrons. The number of benzene rings is 2. The van der Waals surface area contributed by atoms with Crippen LogP contribution in [0.25, 0.3) is 11.1 Å². The predicted molar refractivity (Wildman–Crippen MR) is 130 cm³/mol. The van der Waals surface area contributed by atoms with Crippen LogP contribution in [0.5, 0.6) is 0 Å². The van der Waals surface area contributed by atoms with E-state index in [1.165, 1.54) is 7.11 Å². The second-order valence-electron chi connectivity index (χ2n) is 7.09. The molecular formula is C25H25N3O4S. The Morgan fingerprint density at radius 1 is 0.939 bits per heavy atom. The molecule has 33 heavy (non-hydrogen) atoms. The molecule has 3 rings (SSSR count). The Kier molecular flexibility index (Phi) is 8.60. The largest absolute Gasteiger partial charge is 0.467 e. The van der Waals surface area contributed by atoms with Crippen molar-refractivity contribution in [2.24, 2.45) is 0 Å². The van der Waals surface area contributed by atoms with Gasteiger partial charge < -0.3 is 15.4 Å². The van der Waals surface area contributed by atoms with E-state index in [0.29, 0.717) is 34.7 Å². The highest BCUT2D eigenvalue weighted by Crippen LogP contribution is 2.29. The van der Waals surface area contributed by atoms with E-state index in [-0.39, 0.29) is 5.56 Å². The van der Waals surface area contributed by atoms with Crippen molar-refractivity contribution >= 4 is 35.4 Å². The minimum atomic E-state index is -0.787. The van der Waals surface area contributed by atoms with Crippen molar-refractivity contribution in [3.8, 4) is 11.1 Å². The molecule has 0 aliphatic carbocycles. The van der Waals surface area contributed by atoms with E-state index in [9.17, 15) is 14.4 Å². The van der Waals surface area contributed by atoms with E-state index < -0.39 is 23.8 Å². The molecule has 1 heterocycles. The Labute approximate surface area is 197 Å². The average molecular weight is 464 g/mol. The van der Waals surface area contributed by atoms with Gasteiger partial charge in [-0.25, -0.2) is 9.78 Å². The van der Waals surface area contributed by atoms with E-state index in [4.69, 9.17) is 4.74 Å². The normalized spacial score (nSPS) is 11.3. The van der Waals surface area contributed by atoms with Gasteiger partial charge in [0.25, 0.3) is 11.8 Å². The molecule has 0 spiro atoms. The molecule has 170 valence electrons. The number of ether oxygens (including phenoxy) is 1. The number of pyridine rings is 1. The third-order valence-electron chi connectivity index (χ3n) is 4.92. The lowest BCUT2D eigenvalue weighted by molar-refractivity contribution is -0.142. The van der Waals surface area contributed by atoms with Crippen LogP contribution in [-0.2, 0) is 9.53 Å². The quantitative estimate of drug-likeness (QED) is 0.465. The van der Waals surface area contributed by atoms with Crippen molar-refractivity contribution in [2.45, 2.75) is 12.5 Å². The molecule has 0 aliphatic rings. The van der Waals surface area contributed by atoms with E-state index in [1.807, 2.05) is 36.6 Å². The number of anilines is 1. The minimum absolute atomic E-state index is 0.285. The lowest BCUT2D eigenvalue weighted by Crippen LogP contribution is -2.42.